The molecule has 0 heterocycles. The first-order valence-electron chi connectivity index (χ1n) is 6.67. The van der Waals surface area contributed by atoms with Gasteiger partial charge in [0.2, 0.25) is 10.0 Å². The molecular weight excluding hydrogens is 236 g/mol. The molecule has 1 fully saturated rings. The van der Waals surface area contributed by atoms with E-state index in [-0.39, 0.29) is 17.7 Å². The van der Waals surface area contributed by atoms with Gasteiger partial charge in [0, 0.05) is 12.6 Å². The Bertz CT molecular complexity index is 308. The summed E-state index contributed by atoms with van der Waals surface area (Å²) in [7, 11) is -3.10. The summed E-state index contributed by atoms with van der Waals surface area (Å²) < 4.78 is 26.4. The van der Waals surface area contributed by atoms with Crippen LogP contribution in [0.3, 0.4) is 0 Å². The van der Waals surface area contributed by atoms with E-state index in [2.05, 4.69) is 0 Å². The van der Waals surface area contributed by atoms with E-state index in [1.165, 1.54) is 0 Å². The van der Waals surface area contributed by atoms with Crippen molar-refractivity contribution in [3.63, 3.8) is 0 Å². The van der Waals surface area contributed by atoms with Crippen molar-refractivity contribution in [1.82, 2.24) is 4.31 Å². The molecule has 0 unspecified atom stereocenters. The van der Waals surface area contributed by atoms with Crippen LogP contribution in [0, 0.1) is 5.92 Å². The molecule has 1 aliphatic rings. The van der Waals surface area contributed by atoms with E-state index in [0.717, 1.165) is 32.1 Å². The zero-order valence-electron chi connectivity index (χ0n) is 11.1. The molecule has 1 saturated carbocycles. The quantitative estimate of drug-likeness (QED) is 0.757. The molecule has 0 atom stereocenters. The Morgan fingerprint density at radius 2 is 1.88 bits per heavy atom. The molecule has 0 aromatic carbocycles. The molecule has 0 aliphatic heterocycles. The third-order valence-electron chi connectivity index (χ3n) is 3.22. The molecule has 2 N–H and O–H groups in total. The number of sulfonamides is 1. The molecule has 0 saturated heterocycles. The van der Waals surface area contributed by atoms with Gasteiger partial charge in [-0.2, -0.15) is 4.31 Å². The van der Waals surface area contributed by atoms with Crippen LogP contribution in [0.25, 0.3) is 0 Å². The summed E-state index contributed by atoms with van der Waals surface area (Å²) in [6.45, 7) is 5.05. The molecule has 0 radical (unpaired) electrons. The number of rotatable bonds is 7. The maximum Gasteiger partial charge on any atom is 0.214 e. The zero-order chi connectivity index (χ0) is 12.9. The molecule has 0 amide bonds. The first-order chi connectivity index (χ1) is 7.97. The second-order valence-electron chi connectivity index (χ2n) is 5.36. The van der Waals surface area contributed by atoms with Crippen LogP contribution >= 0.6 is 0 Å². The molecule has 102 valence electrons. The Hall–Kier alpha value is -0.130. The molecule has 0 aromatic rings. The Balaban J connectivity index is 2.73. The molecule has 1 aliphatic carbocycles. The first-order valence-corrected chi connectivity index (χ1v) is 8.28. The van der Waals surface area contributed by atoms with Gasteiger partial charge in [-0.3, -0.25) is 0 Å². The molecule has 0 bridgehead atoms. The van der Waals surface area contributed by atoms with Crippen LogP contribution in [0.4, 0.5) is 0 Å². The Morgan fingerprint density at radius 1 is 1.29 bits per heavy atom. The Kier molecular flexibility index (Phi) is 5.89. The predicted octanol–water partition coefficient (Wildman–Crippen LogP) is 1.57. The summed E-state index contributed by atoms with van der Waals surface area (Å²) in [6, 6.07) is 0.227. The minimum Gasteiger partial charge on any atom is -0.330 e. The van der Waals surface area contributed by atoms with Gasteiger partial charge < -0.3 is 5.73 Å². The average Bonchev–Trinajstić information content (AvgIpc) is 2.69. The van der Waals surface area contributed by atoms with Gasteiger partial charge in [-0.15, -0.1) is 0 Å². The maximum absolute atomic E-state index is 12.3. The molecule has 0 spiro atoms. The van der Waals surface area contributed by atoms with Crippen LogP contribution in [0.15, 0.2) is 0 Å². The number of hydrogen-bond donors (Lipinski definition) is 1. The van der Waals surface area contributed by atoms with E-state index in [0.29, 0.717) is 13.1 Å². The highest BCUT2D eigenvalue weighted by molar-refractivity contribution is 7.89. The van der Waals surface area contributed by atoms with Crippen LogP contribution in [-0.2, 0) is 10.0 Å². The third-order valence-corrected chi connectivity index (χ3v) is 5.50. The van der Waals surface area contributed by atoms with Crippen LogP contribution in [-0.4, -0.2) is 37.6 Å². The van der Waals surface area contributed by atoms with Crippen molar-refractivity contribution in [2.75, 3.05) is 18.8 Å². The van der Waals surface area contributed by atoms with E-state index < -0.39 is 10.0 Å². The van der Waals surface area contributed by atoms with Crippen molar-refractivity contribution in [3.05, 3.63) is 0 Å². The number of hydrogen-bond acceptors (Lipinski definition) is 3. The smallest absolute Gasteiger partial charge is 0.214 e. The van der Waals surface area contributed by atoms with Gasteiger partial charge in [-0.25, -0.2) is 8.42 Å². The zero-order valence-corrected chi connectivity index (χ0v) is 11.9. The molecule has 0 aromatic heterocycles. The van der Waals surface area contributed by atoms with Crippen LogP contribution in [0.2, 0.25) is 0 Å². The van der Waals surface area contributed by atoms with E-state index in [1.54, 1.807) is 4.31 Å². The second-order valence-corrected chi connectivity index (χ2v) is 7.33. The largest absolute Gasteiger partial charge is 0.330 e. The Morgan fingerprint density at radius 3 is 2.35 bits per heavy atom. The average molecular weight is 262 g/mol. The first kappa shape index (κ1) is 14.9. The third kappa shape index (κ3) is 4.56. The van der Waals surface area contributed by atoms with Gasteiger partial charge in [-0.1, -0.05) is 26.7 Å². The number of nitrogens with zero attached hydrogens (tertiary/aromatic N) is 1. The fourth-order valence-corrected chi connectivity index (χ4v) is 4.61. The summed E-state index contributed by atoms with van der Waals surface area (Å²) >= 11 is 0. The van der Waals surface area contributed by atoms with Gasteiger partial charge in [0.25, 0.3) is 0 Å². The monoisotopic (exact) mass is 262 g/mol. The standard InChI is InChI=1S/C12H26N2O2S/c1-11(2)10-17(15,16)14(9-5-8-13)12-6-3-4-7-12/h11-12H,3-10,13H2,1-2H3. The highest BCUT2D eigenvalue weighted by Crippen LogP contribution is 2.26. The van der Waals surface area contributed by atoms with Crippen molar-refractivity contribution >= 4 is 10.0 Å². The summed E-state index contributed by atoms with van der Waals surface area (Å²) in [5, 5.41) is 0. The van der Waals surface area contributed by atoms with Crippen LogP contribution < -0.4 is 5.73 Å². The van der Waals surface area contributed by atoms with E-state index >= 15 is 0 Å². The summed E-state index contributed by atoms with van der Waals surface area (Å²) in [4.78, 5) is 0. The van der Waals surface area contributed by atoms with Crippen molar-refractivity contribution in [2.24, 2.45) is 11.7 Å². The fourth-order valence-electron chi connectivity index (χ4n) is 2.51. The summed E-state index contributed by atoms with van der Waals surface area (Å²) in [6.07, 6.45) is 5.10. The molecule has 4 nitrogen and oxygen atoms in total. The minimum absolute atomic E-state index is 0.182. The molecule has 1 rings (SSSR count). The van der Waals surface area contributed by atoms with E-state index in [9.17, 15) is 8.42 Å². The Labute approximate surface area is 106 Å². The summed E-state index contributed by atoms with van der Waals surface area (Å²) in [5.41, 5.74) is 5.50. The second kappa shape index (κ2) is 6.71. The van der Waals surface area contributed by atoms with Crippen LogP contribution in [0.5, 0.6) is 0 Å². The SMILES string of the molecule is CC(C)CS(=O)(=O)N(CCCN)C1CCCC1. The van der Waals surface area contributed by atoms with Gasteiger partial charge >= 0.3 is 0 Å². The van der Waals surface area contributed by atoms with E-state index in [4.69, 9.17) is 5.73 Å². The van der Waals surface area contributed by atoms with Crippen LogP contribution in [0.1, 0.15) is 46.0 Å². The lowest BCUT2D eigenvalue weighted by molar-refractivity contribution is 0.318. The molecule has 5 heteroatoms. The number of nitrogens with two attached hydrogens (primary N) is 1. The predicted molar refractivity (Wildman–Crippen MR) is 71.3 cm³/mol. The lowest BCUT2D eigenvalue weighted by Gasteiger charge is -2.28. The van der Waals surface area contributed by atoms with E-state index in [1.807, 2.05) is 13.8 Å². The lowest BCUT2D eigenvalue weighted by Crippen LogP contribution is -2.42. The van der Waals surface area contributed by atoms with Crippen molar-refractivity contribution in [1.29, 1.82) is 0 Å². The molecule has 17 heavy (non-hydrogen) atoms. The highest BCUT2D eigenvalue weighted by atomic mass is 32.2. The maximum atomic E-state index is 12.3. The van der Waals surface area contributed by atoms with Gasteiger partial charge in [0.1, 0.15) is 0 Å². The van der Waals surface area contributed by atoms with Crippen molar-refractivity contribution < 1.29 is 8.42 Å². The van der Waals surface area contributed by atoms with Crippen molar-refractivity contribution in [2.45, 2.75) is 52.0 Å². The lowest BCUT2D eigenvalue weighted by atomic mass is 10.2. The van der Waals surface area contributed by atoms with Crippen molar-refractivity contribution in [3.8, 4) is 0 Å². The van der Waals surface area contributed by atoms with Gasteiger partial charge in [-0.05, 0) is 31.7 Å². The van der Waals surface area contributed by atoms with Gasteiger partial charge in [0.15, 0.2) is 0 Å². The highest BCUT2D eigenvalue weighted by Gasteiger charge is 2.31. The normalized spacial score (nSPS) is 18.4. The fraction of sp³-hybridized carbons (Fsp3) is 1.00. The van der Waals surface area contributed by atoms with Gasteiger partial charge in [0.05, 0.1) is 5.75 Å². The minimum atomic E-state index is -3.10. The molecular formula is C12H26N2O2S. The summed E-state index contributed by atoms with van der Waals surface area (Å²) in [5.74, 6) is 0.440. The topological polar surface area (TPSA) is 63.4 Å².